The van der Waals surface area contributed by atoms with Crippen molar-refractivity contribution in [2.45, 2.75) is 25.7 Å². The van der Waals surface area contributed by atoms with E-state index < -0.39 is 0 Å². The molecule has 132 valence electrons. The summed E-state index contributed by atoms with van der Waals surface area (Å²) < 4.78 is 11.3. The van der Waals surface area contributed by atoms with Crippen LogP contribution in [0.1, 0.15) is 25.7 Å². The summed E-state index contributed by atoms with van der Waals surface area (Å²) in [5.74, 6) is 2.54. The minimum Gasteiger partial charge on any atom is -0.481 e. The van der Waals surface area contributed by atoms with Gasteiger partial charge in [-0.15, -0.1) is 0 Å². The quantitative estimate of drug-likeness (QED) is 0.838. The Morgan fingerprint density at radius 1 is 1.29 bits per heavy atom. The first-order chi connectivity index (χ1) is 11.8. The number of anilines is 1. The first kappa shape index (κ1) is 16.1. The van der Waals surface area contributed by atoms with Crippen molar-refractivity contribution in [1.29, 1.82) is 0 Å². The maximum Gasteiger partial charge on any atom is 0.218 e. The van der Waals surface area contributed by atoms with Crippen LogP contribution < -0.4 is 9.64 Å². The minimum absolute atomic E-state index is 0.224. The van der Waals surface area contributed by atoms with Gasteiger partial charge in [-0.3, -0.25) is 0 Å². The third kappa shape index (κ3) is 3.64. The van der Waals surface area contributed by atoms with Gasteiger partial charge < -0.3 is 19.3 Å². The lowest BCUT2D eigenvalue weighted by atomic mass is 9.80. The molecule has 3 aliphatic rings. The van der Waals surface area contributed by atoms with E-state index in [4.69, 9.17) is 9.47 Å². The van der Waals surface area contributed by atoms with E-state index in [1.807, 2.05) is 6.07 Å². The molecule has 1 saturated carbocycles. The number of nitrogens with zero attached hydrogens (tertiary/aromatic N) is 4. The molecule has 0 N–H and O–H groups in total. The zero-order valence-electron chi connectivity index (χ0n) is 14.6. The lowest BCUT2D eigenvalue weighted by Gasteiger charge is -2.44. The van der Waals surface area contributed by atoms with Crippen molar-refractivity contribution in [2.24, 2.45) is 11.3 Å². The summed E-state index contributed by atoms with van der Waals surface area (Å²) in [5, 5.41) is 0. The van der Waals surface area contributed by atoms with Crippen molar-refractivity contribution in [3.63, 3.8) is 0 Å². The molecule has 1 unspecified atom stereocenters. The third-order valence-electron chi connectivity index (χ3n) is 5.55. The zero-order valence-corrected chi connectivity index (χ0v) is 14.6. The maximum atomic E-state index is 6.02. The van der Waals surface area contributed by atoms with E-state index in [1.165, 1.54) is 32.2 Å². The molecular formula is C18H28N4O2. The van der Waals surface area contributed by atoms with Gasteiger partial charge in [-0.1, -0.05) is 0 Å². The van der Waals surface area contributed by atoms with E-state index >= 15 is 0 Å². The molecule has 24 heavy (non-hydrogen) atoms. The lowest BCUT2D eigenvalue weighted by Crippen LogP contribution is -2.51. The van der Waals surface area contributed by atoms with Gasteiger partial charge in [0.05, 0.1) is 20.3 Å². The van der Waals surface area contributed by atoms with Crippen LogP contribution in [-0.4, -0.2) is 67.9 Å². The molecule has 2 saturated heterocycles. The molecule has 6 nitrogen and oxygen atoms in total. The van der Waals surface area contributed by atoms with Crippen LogP contribution in [0.3, 0.4) is 0 Å². The van der Waals surface area contributed by atoms with Crippen molar-refractivity contribution < 1.29 is 9.47 Å². The summed E-state index contributed by atoms with van der Waals surface area (Å²) in [5.41, 5.74) is 0.224. The zero-order chi connectivity index (χ0) is 16.4. The van der Waals surface area contributed by atoms with Gasteiger partial charge in [0.1, 0.15) is 12.1 Å². The molecule has 4 rings (SSSR count). The van der Waals surface area contributed by atoms with Crippen molar-refractivity contribution in [3.8, 4) is 5.88 Å². The molecule has 1 spiro atoms. The molecule has 0 radical (unpaired) electrons. The second-order valence-corrected chi connectivity index (χ2v) is 7.67. The first-order valence-electron chi connectivity index (χ1n) is 9.17. The van der Waals surface area contributed by atoms with Crippen LogP contribution in [0.4, 0.5) is 5.82 Å². The normalized spacial score (nSPS) is 28.8. The van der Waals surface area contributed by atoms with Crippen molar-refractivity contribution in [1.82, 2.24) is 14.9 Å². The summed E-state index contributed by atoms with van der Waals surface area (Å²) >= 11 is 0. The second-order valence-electron chi connectivity index (χ2n) is 7.67. The van der Waals surface area contributed by atoms with Crippen LogP contribution >= 0.6 is 0 Å². The van der Waals surface area contributed by atoms with Gasteiger partial charge >= 0.3 is 0 Å². The topological polar surface area (TPSA) is 50.7 Å². The van der Waals surface area contributed by atoms with E-state index in [2.05, 4.69) is 19.8 Å². The third-order valence-corrected chi connectivity index (χ3v) is 5.55. The SMILES string of the molecule is COc1cc(N2CCCC3(COCCN(CC4CC4)C3)C2)ncn1. The fraction of sp³-hybridized carbons (Fsp3) is 0.778. The molecular weight excluding hydrogens is 304 g/mol. The molecule has 0 bridgehead atoms. The number of hydrogen-bond donors (Lipinski definition) is 0. The average Bonchev–Trinajstić information content (AvgIpc) is 3.44. The molecule has 1 aromatic rings. The number of piperidine rings is 1. The number of rotatable bonds is 4. The Morgan fingerprint density at radius 2 is 2.21 bits per heavy atom. The molecule has 1 atom stereocenters. The summed E-state index contributed by atoms with van der Waals surface area (Å²) in [6, 6.07) is 1.94. The van der Waals surface area contributed by atoms with E-state index in [9.17, 15) is 0 Å². The molecule has 0 amide bonds. The van der Waals surface area contributed by atoms with Crippen LogP contribution in [0.5, 0.6) is 5.88 Å². The number of ether oxygens (including phenoxy) is 2. The summed E-state index contributed by atoms with van der Waals surface area (Å²) in [7, 11) is 1.65. The van der Waals surface area contributed by atoms with Gasteiger partial charge in [0.2, 0.25) is 5.88 Å². The molecule has 1 aromatic heterocycles. The van der Waals surface area contributed by atoms with Gasteiger partial charge in [-0.05, 0) is 31.6 Å². The molecule has 3 fully saturated rings. The Hall–Kier alpha value is -1.40. The van der Waals surface area contributed by atoms with Gasteiger partial charge in [0.25, 0.3) is 0 Å². The van der Waals surface area contributed by atoms with Crippen LogP contribution in [0.2, 0.25) is 0 Å². The fourth-order valence-corrected chi connectivity index (χ4v) is 4.17. The van der Waals surface area contributed by atoms with E-state index in [0.29, 0.717) is 5.88 Å². The molecule has 2 aliphatic heterocycles. The van der Waals surface area contributed by atoms with E-state index in [0.717, 1.165) is 51.1 Å². The highest BCUT2D eigenvalue weighted by molar-refractivity contribution is 5.41. The highest BCUT2D eigenvalue weighted by Crippen LogP contribution is 2.37. The predicted octanol–water partition coefficient (Wildman–Crippen LogP) is 1.81. The molecule has 3 heterocycles. The predicted molar refractivity (Wildman–Crippen MR) is 92.4 cm³/mol. The Bertz CT molecular complexity index is 566. The molecule has 1 aliphatic carbocycles. The number of methoxy groups -OCH3 is 1. The van der Waals surface area contributed by atoms with Gasteiger partial charge in [-0.2, -0.15) is 0 Å². The molecule has 0 aromatic carbocycles. The number of aromatic nitrogens is 2. The highest BCUT2D eigenvalue weighted by Gasteiger charge is 2.40. The first-order valence-corrected chi connectivity index (χ1v) is 9.17. The smallest absolute Gasteiger partial charge is 0.218 e. The highest BCUT2D eigenvalue weighted by atomic mass is 16.5. The summed E-state index contributed by atoms with van der Waals surface area (Å²) in [4.78, 5) is 13.6. The molecule has 6 heteroatoms. The van der Waals surface area contributed by atoms with Gasteiger partial charge in [0, 0.05) is 44.2 Å². The average molecular weight is 332 g/mol. The van der Waals surface area contributed by atoms with E-state index in [-0.39, 0.29) is 5.41 Å². The Balaban J connectivity index is 1.49. The van der Waals surface area contributed by atoms with Crippen LogP contribution in [0.15, 0.2) is 12.4 Å². The fourth-order valence-electron chi connectivity index (χ4n) is 4.17. The Kier molecular flexibility index (Phi) is 4.59. The van der Waals surface area contributed by atoms with E-state index in [1.54, 1.807) is 13.4 Å². The van der Waals surface area contributed by atoms with Gasteiger partial charge in [-0.25, -0.2) is 9.97 Å². The Labute approximate surface area is 144 Å². The Morgan fingerprint density at radius 3 is 3.04 bits per heavy atom. The second kappa shape index (κ2) is 6.84. The van der Waals surface area contributed by atoms with Crippen molar-refractivity contribution in [2.75, 3.05) is 57.9 Å². The van der Waals surface area contributed by atoms with Crippen molar-refractivity contribution >= 4 is 5.82 Å². The maximum absolute atomic E-state index is 6.02. The summed E-state index contributed by atoms with van der Waals surface area (Å²) in [6.07, 6.45) is 6.85. The van der Waals surface area contributed by atoms with Crippen LogP contribution in [0.25, 0.3) is 0 Å². The van der Waals surface area contributed by atoms with Crippen LogP contribution in [-0.2, 0) is 4.74 Å². The number of hydrogen-bond acceptors (Lipinski definition) is 6. The minimum atomic E-state index is 0.224. The lowest BCUT2D eigenvalue weighted by molar-refractivity contribution is 0.0557. The monoisotopic (exact) mass is 332 g/mol. The van der Waals surface area contributed by atoms with Gasteiger partial charge in [0.15, 0.2) is 0 Å². The summed E-state index contributed by atoms with van der Waals surface area (Å²) in [6.45, 7) is 7.29. The van der Waals surface area contributed by atoms with Crippen LogP contribution in [0, 0.1) is 11.3 Å². The largest absolute Gasteiger partial charge is 0.481 e. The standard InChI is InChI=1S/C18H28N4O2/c1-23-17-9-16(19-14-20-17)22-6-2-5-18(12-22)11-21(7-8-24-13-18)10-15-3-4-15/h9,14-15H,2-8,10-13H2,1H3. The van der Waals surface area contributed by atoms with Crippen molar-refractivity contribution in [3.05, 3.63) is 12.4 Å².